The van der Waals surface area contributed by atoms with E-state index in [0.29, 0.717) is 12.8 Å². The topological polar surface area (TPSA) is 72.8 Å². The molecular weight excluding hydrogens is 1100 g/mol. The van der Waals surface area contributed by atoms with Gasteiger partial charge in [-0.2, -0.15) is 0 Å². The van der Waals surface area contributed by atoms with Crippen molar-refractivity contribution in [2.24, 2.45) is 0 Å². The van der Waals surface area contributed by atoms with Crippen molar-refractivity contribution in [3.8, 4) is 0 Å². The van der Waals surface area contributed by atoms with E-state index in [9.17, 15) is 14.7 Å². The van der Waals surface area contributed by atoms with Crippen molar-refractivity contribution in [1.82, 2.24) is 0 Å². The van der Waals surface area contributed by atoms with E-state index in [4.69, 9.17) is 9.47 Å². The summed E-state index contributed by atoms with van der Waals surface area (Å²) < 4.78 is 10.8. The van der Waals surface area contributed by atoms with Crippen molar-refractivity contribution in [2.45, 2.75) is 405 Å². The van der Waals surface area contributed by atoms with Crippen molar-refractivity contribution in [2.75, 3.05) is 13.2 Å². The summed E-state index contributed by atoms with van der Waals surface area (Å²) in [6.07, 6.45) is 116. The van der Waals surface area contributed by atoms with E-state index >= 15 is 0 Å². The van der Waals surface area contributed by atoms with Gasteiger partial charge in [0.25, 0.3) is 0 Å². The van der Waals surface area contributed by atoms with Crippen LogP contribution in [0.1, 0.15) is 399 Å². The van der Waals surface area contributed by atoms with E-state index in [0.717, 1.165) is 89.9 Å². The van der Waals surface area contributed by atoms with Crippen molar-refractivity contribution in [3.05, 3.63) is 109 Å². The number of hydrogen-bond donors (Lipinski definition) is 1. The van der Waals surface area contributed by atoms with Crippen LogP contribution in [0.3, 0.4) is 0 Å². The molecular formula is C85H150O5. The number of hydrogen-bond acceptors (Lipinski definition) is 5. The highest BCUT2D eigenvalue weighted by molar-refractivity contribution is 5.70. The molecule has 90 heavy (non-hydrogen) atoms. The Kier molecular flexibility index (Phi) is 76.7. The highest BCUT2D eigenvalue weighted by atomic mass is 16.6. The van der Waals surface area contributed by atoms with Crippen LogP contribution in [-0.4, -0.2) is 36.4 Å². The standard InChI is InChI=1S/C85H150O5/c1-3-5-7-9-11-13-15-17-19-21-23-25-27-29-31-33-35-37-39-41-42-44-46-48-50-52-54-56-58-60-62-64-66-68-70-72-74-76-78-80-85(88)90-83(81-86)82-89-84(87)79-77-75-73-71-69-67-65-63-61-59-57-55-53-51-49-47-45-43-40-38-36-34-32-30-28-26-24-22-20-18-16-14-12-10-8-6-4-2/h5,7,11,13,16-19,22-25,28-31,35,37,83,86H,3-4,6,8-10,12,14-15,20-21,26-27,32-34,36,38-82H2,1-2H3/b7-5-,13-11-,18-16-,19-17-,24-22-,25-23-,30-28-,31-29-,37-35-. The monoisotopic (exact) mass is 1250 g/mol. The summed E-state index contributed by atoms with van der Waals surface area (Å²) in [6, 6.07) is 0. The van der Waals surface area contributed by atoms with Gasteiger partial charge in [-0.1, -0.05) is 393 Å². The van der Waals surface area contributed by atoms with E-state index in [1.54, 1.807) is 0 Å². The van der Waals surface area contributed by atoms with E-state index in [-0.39, 0.29) is 25.2 Å². The van der Waals surface area contributed by atoms with Crippen molar-refractivity contribution in [1.29, 1.82) is 0 Å². The third kappa shape index (κ3) is 77.0. The van der Waals surface area contributed by atoms with Gasteiger partial charge >= 0.3 is 11.9 Å². The molecule has 5 nitrogen and oxygen atoms in total. The van der Waals surface area contributed by atoms with Crippen LogP contribution in [0.15, 0.2) is 109 Å². The summed E-state index contributed by atoms with van der Waals surface area (Å²) in [5.41, 5.74) is 0. The first-order chi connectivity index (χ1) is 44.6. The maximum Gasteiger partial charge on any atom is 0.306 e. The largest absolute Gasteiger partial charge is 0.462 e. The number of carbonyl (C=O) groups excluding carboxylic acids is 2. The lowest BCUT2D eigenvalue weighted by Gasteiger charge is -2.15. The maximum atomic E-state index is 12.4. The number of unbranched alkanes of at least 4 members (excludes halogenated alkanes) is 47. The van der Waals surface area contributed by atoms with E-state index in [1.807, 2.05) is 0 Å². The molecule has 0 spiro atoms. The van der Waals surface area contributed by atoms with Crippen LogP contribution in [0.5, 0.6) is 0 Å². The predicted molar refractivity (Wildman–Crippen MR) is 399 cm³/mol. The van der Waals surface area contributed by atoms with Gasteiger partial charge in [0.2, 0.25) is 0 Å². The van der Waals surface area contributed by atoms with Crippen LogP contribution in [0, 0.1) is 0 Å². The predicted octanol–water partition coefficient (Wildman–Crippen LogP) is 27.9. The Labute approximate surface area is 561 Å². The van der Waals surface area contributed by atoms with E-state index < -0.39 is 6.10 Å². The van der Waals surface area contributed by atoms with Gasteiger partial charge in [0.15, 0.2) is 6.10 Å². The Morgan fingerprint density at radius 2 is 0.478 bits per heavy atom. The minimum atomic E-state index is -0.775. The molecule has 520 valence electrons. The average molecular weight is 1250 g/mol. The van der Waals surface area contributed by atoms with Gasteiger partial charge in [-0.15, -0.1) is 0 Å². The van der Waals surface area contributed by atoms with Crippen LogP contribution < -0.4 is 0 Å². The molecule has 0 heterocycles. The molecule has 1 N–H and O–H groups in total. The lowest BCUT2D eigenvalue weighted by molar-refractivity contribution is -0.161. The number of aliphatic hydroxyl groups excluding tert-OH is 1. The lowest BCUT2D eigenvalue weighted by Crippen LogP contribution is -2.28. The zero-order valence-electron chi connectivity index (χ0n) is 59.9. The normalized spacial score (nSPS) is 12.8. The quantitative estimate of drug-likeness (QED) is 0.0373. The van der Waals surface area contributed by atoms with Gasteiger partial charge in [0, 0.05) is 12.8 Å². The van der Waals surface area contributed by atoms with Gasteiger partial charge in [0.1, 0.15) is 6.61 Å². The SMILES string of the molecule is CC/C=C\C/C=C\C/C=C\C/C=C\C/C=C\C/C=C\CCCCCCCCCCCCCCCCCCCCCCC(=O)OC(CO)COC(=O)CCCCCCCCCCCCCCCCCCCCCCCC/C=C\C/C=C\C/C=C\CCCCCCC. The van der Waals surface area contributed by atoms with E-state index in [1.165, 1.54) is 283 Å². The number of allylic oxidation sites excluding steroid dienone is 18. The molecule has 0 aromatic heterocycles. The molecule has 0 aromatic rings. The molecule has 1 atom stereocenters. The zero-order chi connectivity index (χ0) is 64.7. The van der Waals surface area contributed by atoms with Gasteiger partial charge in [0.05, 0.1) is 6.61 Å². The minimum Gasteiger partial charge on any atom is -0.462 e. The fourth-order valence-corrected chi connectivity index (χ4v) is 11.7. The highest BCUT2D eigenvalue weighted by Crippen LogP contribution is 2.19. The summed E-state index contributed by atoms with van der Waals surface area (Å²) in [7, 11) is 0. The fraction of sp³-hybridized carbons (Fsp3) is 0.765. The van der Waals surface area contributed by atoms with Crippen LogP contribution >= 0.6 is 0 Å². The van der Waals surface area contributed by atoms with Gasteiger partial charge in [-0.3, -0.25) is 9.59 Å². The Hall–Kier alpha value is -3.44. The molecule has 0 saturated carbocycles. The molecule has 0 bridgehead atoms. The first-order valence-electron chi connectivity index (χ1n) is 39.4. The summed E-state index contributed by atoms with van der Waals surface area (Å²) in [6.45, 7) is 4.06. The first-order valence-corrected chi connectivity index (χ1v) is 39.4. The number of aliphatic hydroxyl groups is 1. The van der Waals surface area contributed by atoms with Crippen molar-refractivity contribution < 1.29 is 24.2 Å². The molecule has 0 rings (SSSR count). The third-order valence-electron chi connectivity index (χ3n) is 17.6. The number of esters is 2. The average Bonchev–Trinajstić information content (AvgIpc) is 3.59. The molecule has 0 aromatic carbocycles. The third-order valence-corrected chi connectivity index (χ3v) is 17.6. The van der Waals surface area contributed by atoms with Gasteiger partial charge < -0.3 is 14.6 Å². The van der Waals surface area contributed by atoms with Gasteiger partial charge in [-0.25, -0.2) is 0 Å². The second-order valence-corrected chi connectivity index (χ2v) is 26.4. The molecule has 0 aliphatic rings. The first kappa shape index (κ1) is 86.6. The van der Waals surface area contributed by atoms with Crippen molar-refractivity contribution >= 4 is 11.9 Å². The Bertz CT molecular complexity index is 1710. The summed E-state index contributed by atoms with van der Waals surface area (Å²) in [4.78, 5) is 24.7. The van der Waals surface area contributed by atoms with Gasteiger partial charge in [-0.05, 0) is 103 Å². The van der Waals surface area contributed by atoms with Crippen LogP contribution in [0.4, 0.5) is 0 Å². The van der Waals surface area contributed by atoms with E-state index in [2.05, 4.69) is 123 Å². The van der Waals surface area contributed by atoms with Crippen molar-refractivity contribution in [3.63, 3.8) is 0 Å². The molecule has 0 aliphatic heterocycles. The molecule has 1 unspecified atom stereocenters. The van der Waals surface area contributed by atoms with Crippen LogP contribution in [0.2, 0.25) is 0 Å². The molecule has 0 saturated heterocycles. The molecule has 0 radical (unpaired) electrons. The Morgan fingerprint density at radius 1 is 0.267 bits per heavy atom. The summed E-state index contributed by atoms with van der Waals surface area (Å²) >= 11 is 0. The zero-order valence-corrected chi connectivity index (χ0v) is 59.9. The smallest absolute Gasteiger partial charge is 0.306 e. The van der Waals surface area contributed by atoms with Crippen LogP contribution in [0.25, 0.3) is 0 Å². The molecule has 0 amide bonds. The number of ether oxygens (including phenoxy) is 2. The molecule has 0 aliphatic carbocycles. The highest BCUT2D eigenvalue weighted by Gasteiger charge is 2.16. The summed E-state index contributed by atoms with van der Waals surface area (Å²) in [5.74, 6) is -0.571. The number of rotatable bonds is 73. The lowest BCUT2D eigenvalue weighted by atomic mass is 10.0. The van der Waals surface area contributed by atoms with Crippen LogP contribution in [-0.2, 0) is 19.1 Å². The fourth-order valence-electron chi connectivity index (χ4n) is 11.7. The second-order valence-electron chi connectivity index (χ2n) is 26.4. The molecule has 0 fully saturated rings. The Balaban J connectivity index is 3.41. The maximum absolute atomic E-state index is 12.4. The second kappa shape index (κ2) is 79.8. The number of carbonyl (C=O) groups is 2. The Morgan fingerprint density at radius 3 is 0.722 bits per heavy atom. The summed E-state index contributed by atoms with van der Waals surface area (Å²) in [5, 5.41) is 9.73. The minimum absolute atomic E-state index is 0.0633. The molecule has 5 heteroatoms.